The summed E-state index contributed by atoms with van der Waals surface area (Å²) in [6.45, 7) is 4.65. The quantitative estimate of drug-likeness (QED) is 0.583. The number of benzene rings is 2. The van der Waals surface area contributed by atoms with Crippen LogP contribution in [0.1, 0.15) is 21.9 Å². The second kappa shape index (κ2) is 9.06. The van der Waals surface area contributed by atoms with Crippen LogP contribution in [-0.4, -0.2) is 41.2 Å². The molecule has 0 N–H and O–H groups in total. The van der Waals surface area contributed by atoms with Gasteiger partial charge in [-0.1, -0.05) is 29.8 Å². The van der Waals surface area contributed by atoms with Crippen LogP contribution in [0.25, 0.3) is 0 Å². The third-order valence-electron chi connectivity index (χ3n) is 5.14. The summed E-state index contributed by atoms with van der Waals surface area (Å²) in [6.07, 6.45) is 0. The molecule has 2 aromatic carbocycles. The summed E-state index contributed by atoms with van der Waals surface area (Å²) in [4.78, 5) is 17.6. The Hall–Kier alpha value is -2.57. The van der Waals surface area contributed by atoms with Gasteiger partial charge >= 0.3 is 0 Å². The summed E-state index contributed by atoms with van der Waals surface area (Å²) < 4.78 is 18.3. The first-order valence-electron chi connectivity index (χ1n) is 9.83. The lowest BCUT2D eigenvalue weighted by Crippen LogP contribution is -2.48. The Morgan fingerprint density at radius 2 is 1.80 bits per heavy atom. The van der Waals surface area contributed by atoms with E-state index < -0.39 is 10.8 Å². The molecule has 2 heterocycles. The zero-order valence-corrected chi connectivity index (χ0v) is 18.3. The summed E-state index contributed by atoms with van der Waals surface area (Å²) in [7, 11) is -1.21. The molecule has 5 nitrogen and oxygen atoms in total. The summed E-state index contributed by atoms with van der Waals surface area (Å²) >= 11 is 6.08. The van der Waals surface area contributed by atoms with Crippen LogP contribution in [0.4, 0.5) is 5.69 Å². The molecule has 1 fully saturated rings. The molecule has 30 heavy (non-hydrogen) atoms. The van der Waals surface area contributed by atoms with Crippen molar-refractivity contribution in [3.8, 4) is 0 Å². The van der Waals surface area contributed by atoms with Crippen molar-refractivity contribution in [2.75, 3.05) is 31.1 Å². The summed E-state index contributed by atoms with van der Waals surface area (Å²) in [5.41, 5.74) is 2.13. The predicted octanol–water partition coefficient (Wildman–Crippen LogP) is 4.51. The number of carbonyl (C=O) groups excluding carboxylic acids is 1. The smallest absolute Gasteiger partial charge is 0.289 e. The van der Waals surface area contributed by atoms with Crippen molar-refractivity contribution in [3.63, 3.8) is 0 Å². The Kier molecular flexibility index (Phi) is 6.25. The van der Waals surface area contributed by atoms with Crippen molar-refractivity contribution in [1.29, 1.82) is 0 Å². The van der Waals surface area contributed by atoms with E-state index in [-0.39, 0.29) is 11.7 Å². The average Bonchev–Trinajstić information content (AvgIpc) is 3.22. The van der Waals surface area contributed by atoms with Crippen LogP contribution in [0.15, 0.2) is 70.0 Å². The molecule has 1 aromatic heterocycles. The van der Waals surface area contributed by atoms with Gasteiger partial charge in [-0.2, -0.15) is 0 Å². The Morgan fingerprint density at radius 3 is 2.53 bits per heavy atom. The van der Waals surface area contributed by atoms with Crippen molar-refractivity contribution in [2.45, 2.75) is 17.6 Å². The number of anilines is 1. The first-order valence-corrected chi connectivity index (χ1v) is 11.5. The monoisotopic (exact) mass is 442 g/mol. The molecule has 1 saturated heterocycles. The highest BCUT2D eigenvalue weighted by Gasteiger charge is 2.24. The number of nitrogens with zero attached hydrogens (tertiary/aromatic N) is 2. The fourth-order valence-corrected chi connectivity index (χ4v) is 4.85. The molecule has 0 bridgehead atoms. The number of carbonyl (C=O) groups is 1. The van der Waals surface area contributed by atoms with Gasteiger partial charge in [0.05, 0.1) is 16.6 Å². The second-order valence-corrected chi connectivity index (χ2v) is 9.22. The van der Waals surface area contributed by atoms with Gasteiger partial charge in [-0.05, 0) is 55.0 Å². The van der Waals surface area contributed by atoms with Crippen LogP contribution in [0.2, 0.25) is 5.02 Å². The van der Waals surface area contributed by atoms with Crippen LogP contribution in [-0.2, 0) is 16.6 Å². The van der Waals surface area contributed by atoms with Gasteiger partial charge in [-0.3, -0.25) is 9.00 Å². The molecule has 0 radical (unpaired) electrons. The molecule has 1 amide bonds. The normalized spacial score (nSPS) is 15.3. The molecule has 1 atom stereocenters. The van der Waals surface area contributed by atoms with Crippen LogP contribution in [0.5, 0.6) is 0 Å². The lowest BCUT2D eigenvalue weighted by molar-refractivity contribution is 0.0713. The van der Waals surface area contributed by atoms with Crippen molar-refractivity contribution >= 4 is 34.0 Å². The zero-order valence-electron chi connectivity index (χ0n) is 16.7. The molecule has 0 saturated carbocycles. The molecule has 7 heteroatoms. The van der Waals surface area contributed by atoms with Crippen LogP contribution < -0.4 is 4.90 Å². The Morgan fingerprint density at radius 1 is 1.03 bits per heavy atom. The number of amides is 1. The number of hydrogen-bond donors (Lipinski definition) is 0. The van der Waals surface area contributed by atoms with Crippen molar-refractivity contribution in [2.24, 2.45) is 0 Å². The number of halogens is 1. The van der Waals surface area contributed by atoms with Gasteiger partial charge < -0.3 is 14.2 Å². The Labute approximate surface area is 183 Å². The number of piperazine rings is 1. The fourth-order valence-electron chi connectivity index (χ4n) is 3.54. The molecule has 1 aliphatic heterocycles. The van der Waals surface area contributed by atoms with Gasteiger partial charge in [-0.25, -0.2) is 0 Å². The highest BCUT2D eigenvalue weighted by molar-refractivity contribution is 7.84. The van der Waals surface area contributed by atoms with Crippen molar-refractivity contribution in [3.05, 3.63) is 82.8 Å². The minimum absolute atomic E-state index is 0.131. The summed E-state index contributed by atoms with van der Waals surface area (Å²) in [5, 5.41) is 0.706. The largest absolute Gasteiger partial charge is 0.455 e. The van der Waals surface area contributed by atoms with Crippen LogP contribution in [0.3, 0.4) is 0 Å². The van der Waals surface area contributed by atoms with E-state index in [1.807, 2.05) is 55.5 Å². The maximum atomic E-state index is 12.8. The van der Waals surface area contributed by atoms with Gasteiger partial charge in [0.25, 0.3) is 5.91 Å². The number of aryl methyl sites for hydroxylation is 1. The molecule has 156 valence electrons. The van der Waals surface area contributed by atoms with E-state index in [0.717, 1.165) is 29.2 Å². The van der Waals surface area contributed by atoms with Crippen molar-refractivity contribution in [1.82, 2.24) is 4.90 Å². The SMILES string of the molecule is Cc1cccc([S@@](=O)Cc2ccc(C(=O)N3CCN(c4cccc(Cl)c4)CC3)o2)c1. The van der Waals surface area contributed by atoms with Gasteiger partial charge in [0, 0.05) is 41.8 Å². The molecule has 0 unspecified atom stereocenters. The highest BCUT2D eigenvalue weighted by atomic mass is 35.5. The molecular formula is C23H23ClN2O3S. The third-order valence-corrected chi connectivity index (χ3v) is 6.70. The molecule has 0 aliphatic carbocycles. The van der Waals surface area contributed by atoms with E-state index in [1.165, 1.54) is 0 Å². The topological polar surface area (TPSA) is 53.8 Å². The van der Waals surface area contributed by atoms with Gasteiger partial charge in [0.1, 0.15) is 5.76 Å². The van der Waals surface area contributed by atoms with Gasteiger partial charge in [0.2, 0.25) is 0 Å². The van der Waals surface area contributed by atoms with Gasteiger partial charge in [-0.15, -0.1) is 0 Å². The standard InChI is InChI=1S/C23H23ClN2O3S/c1-17-4-2-7-21(14-17)30(28)16-20-8-9-22(29-20)23(27)26-12-10-25(11-13-26)19-6-3-5-18(24)15-19/h2-9,14-15H,10-13,16H2,1H3/t30-/m0/s1. The van der Waals surface area contributed by atoms with Crippen molar-refractivity contribution < 1.29 is 13.4 Å². The van der Waals surface area contributed by atoms with Crippen LogP contribution in [0, 0.1) is 6.92 Å². The Bertz CT molecular complexity index is 1070. The van der Waals surface area contributed by atoms with Crippen LogP contribution >= 0.6 is 11.6 Å². The molecule has 0 spiro atoms. The number of hydrogen-bond acceptors (Lipinski definition) is 4. The zero-order chi connectivity index (χ0) is 21.1. The third kappa shape index (κ3) is 4.77. The van der Waals surface area contributed by atoms with E-state index in [4.69, 9.17) is 16.0 Å². The van der Waals surface area contributed by atoms with E-state index in [9.17, 15) is 9.00 Å². The number of furan rings is 1. The minimum atomic E-state index is -1.21. The predicted molar refractivity (Wildman–Crippen MR) is 120 cm³/mol. The van der Waals surface area contributed by atoms with E-state index in [1.54, 1.807) is 17.0 Å². The second-order valence-electron chi connectivity index (χ2n) is 7.33. The minimum Gasteiger partial charge on any atom is -0.455 e. The summed E-state index contributed by atoms with van der Waals surface area (Å²) in [5.74, 6) is 0.964. The highest BCUT2D eigenvalue weighted by Crippen LogP contribution is 2.22. The lowest BCUT2D eigenvalue weighted by Gasteiger charge is -2.35. The fraction of sp³-hybridized carbons (Fsp3) is 0.261. The summed E-state index contributed by atoms with van der Waals surface area (Å²) in [6, 6.07) is 18.8. The maximum absolute atomic E-state index is 12.8. The first kappa shape index (κ1) is 20.7. The average molecular weight is 443 g/mol. The molecule has 1 aliphatic rings. The van der Waals surface area contributed by atoms with E-state index in [0.29, 0.717) is 29.6 Å². The van der Waals surface area contributed by atoms with Gasteiger partial charge in [0.15, 0.2) is 5.76 Å². The molecule has 3 aromatic rings. The maximum Gasteiger partial charge on any atom is 0.289 e. The lowest BCUT2D eigenvalue weighted by atomic mass is 10.2. The Balaban J connectivity index is 1.36. The molecular weight excluding hydrogens is 420 g/mol. The molecule has 4 rings (SSSR count). The van der Waals surface area contributed by atoms with E-state index in [2.05, 4.69) is 4.90 Å². The first-order chi connectivity index (χ1) is 14.5. The van der Waals surface area contributed by atoms with E-state index >= 15 is 0 Å². The number of rotatable bonds is 5.